The van der Waals surface area contributed by atoms with Gasteiger partial charge in [0.15, 0.2) is 0 Å². The Hall–Kier alpha value is 0.137. The van der Waals surface area contributed by atoms with Crippen molar-refractivity contribution in [2.45, 2.75) is 13.8 Å². The topological polar surface area (TPSA) is 18.5 Å². The lowest BCUT2D eigenvalue weighted by atomic mass is 10.9. The van der Waals surface area contributed by atoms with Crippen LogP contribution in [0.3, 0.4) is 0 Å². The molecule has 0 amide bonds. The zero-order valence-electron chi connectivity index (χ0n) is 4.81. The van der Waals surface area contributed by atoms with Crippen molar-refractivity contribution in [2.75, 3.05) is 13.2 Å². The van der Waals surface area contributed by atoms with Gasteiger partial charge in [-0.05, 0) is 13.8 Å². The Labute approximate surface area is 46.9 Å². The van der Waals surface area contributed by atoms with E-state index in [0.29, 0.717) is 0 Å². The molecular weight excluding hydrogens is 108 g/mol. The van der Waals surface area contributed by atoms with Crippen LogP contribution in [0, 0.1) is 0 Å². The van der Waals surface area contributed by atoms with Crippen LogP contribution in [0.4, 0.5) is 0 Å². The van der Waals surface area contributed by atoms with E-state index in [0.717, 1.165) is 13.2 Å². The second kappa shape index (κ2) is 6.14. The number of rotatable bonds is 4. The summed E-state index contributed by atoms with van der Waals surface area (Å²) in [5.41, 5.74) is 0. The molecule has 2 nitrogen and oxygen atoms in total. The SMILES string of the molecule is CCO[SiH]OCC. The maximum absolute atomic E-state index is 4.94. The van der Waals surface area contributed by atoms with Crippen molar-refractivity contribution in [1.29, 1.82) is 0 Å². The van der Waals surface area contributed by atoms with Crippen LogP contribution in [-0.2, 0) is 8.85 Å². The van der Waals surface area contributed by atoms with Gasteiger partial charge < -0.3 is 8.85 Å². The fraction of sp³-hybridized carbons (Fsp3) is 1.00. The van der Waals surface area contributed by atoms with Crippen molar-refractivity contribution < 1.29 is 8.85 Å². The van der Waals surface area contributed by atoms with Crippen molar-refractivity contribution in [3.05, 3.63) is 0 Å². The van der Waals surface area contributed by atoms with Gasteiger partial charge >= 0.3 is 10.0 Å². The number of hydrogen-bond acceptors (Lipinski definition) is 2. The van der Waals surface area contributed by atoms with Crippen LogP contribution in [0.25, 0.3) is 0 Å². The van der Waals surface area contributed by atoms with E-state index < -0.39 is 0 Å². The van der Waals surface area contributed by atoms with Gasteiger partial charge in [-0.2, -0.15) is 0 Å². The van der Waals surface area contributed by atoms with Gasteiger partial charge in [-0.25, -0.2) is 0 Å². The average Bonchev–Trinajstić information content (AvgIpc) is 1.69. The van der Waals surface area contributed by atoms with Gasteiger partial charge in [0.25, 0.3) is 0 Å². The van der Waals surface area contributed by atoms with Gasteiger partial charge in [0, 0.05) is 13.2 Å². The first-order valence-corrected chi connectivity index (χ1v) is 3.41. The summed E-state index contributed by atoms with van der Waals surface area (Å²) in [6.45, 7) is 5.47. The Kier molecular flexibility index (Phi) is 6.26. The predicted molar refractivity (Wildman–Crippen MR) is 30.4 cm³/mol. The molecule has 0 N–H and O–H groups in total. The lowest BCUT2D eigenvalue weighted by Crippen LogP contribution is -2.02. The summed E-state index contributed by atoms with van der Waals surface area (Å²) in [6, 6.07) is 0. The molecule has 0 spiro atoms. The monoisotopic (exact) mass is 119 g/mol. The molecule has 43 valence electrons. The summed E-state index contributed by atoms with van der Waals surface area (Å²) >= 11 is 0. The quantitative estimate of drug-likeness (QED) is 0.392. The summed E-state index contributed by atoms with van der Waals surface area (Å²) in [5.74, 6) is 0. The van der Waals surface area contributed by atoms with E-state index in [9.17, 15) is 0 Å². The van der Waals surface area contributed by atoms with E-state index in [1.807, 2.05) is 13.8 Å². The second-order valence-electron chi connectivity index (χ2n) is 1.01. The lowest BCUT2D eigenvalue weighted by Gasteiger charge is -1.95. The highest BCUT2D eigenvalue weighted by molar-refractivity contribution is 6.17. The summed E-state index contributed by atoms with van der Waals surface area (Å²) in [6.07, 6.45) is 0. The van der Waals surface area contributed by atoms with E-state index in [4.69, 9.17) is 8.85 Å². The molecule has 0 saturated carbocycles. The van der Waals surface area contributed by atoms with Crippen molar-refractivity contribution in [2.24, 2.45) is 0 Å². The summed E-state index contributed by atoms with van der Waals surface area (Å²) in [5, 5.41) is 0. The van der Waals surface area contributed by atoms with Gasteiger partial charge in [-0.15, -0.1) is 0 Å². The molecule has 1 radical (unpaired) electrons. The second-order valence-corrected chi connectivity index (χ2v) is 1.87. The predicted octanol–water partition coefficient (Wildman–Crippen LogP) is 0.326. The Morgan fingerprint density at radius 2 is 1.57 bits per heavy atom. The highest BCUT2D eigenvalue weighted by Crippen LogP contribution is 1.70. The molecule has 0 aromatic carbocycles. The molecule has 0 aliphatic carbocycles. The van der Waals surface area contributed by atoms with Crippen molar-refractivity contribution in [3.63, 3.8) is 0 Å². The fourth-order valence-electron chi connectivity index (χ4n) is 0.184. The third-order valence-corrected chi connectivity index (χ3v) is 1.41. The highest BCUT2D eigenvalue weighted by Gasteiger charge is 1.81. The smallest absolute Gasteiger partial charge is 0.364 e. The van der Waals surface area contributed by atoms with Crippen LogP contribution in [0.2, 0.25) is 0 Å². The van der Waals surface area contributed by atoms with Gasteiger partial charge in [-0.3, -0.25) is 0 Å². The molecule has 0 heterocycles. The Morgan fingerprint density at radius 1 is 1.14 bits per heavy atom. The maximum Gasteiger partial charge on any atom is 0.364 e. The molecule has 0 aliphatic heterocycles. The van der Waals surface area contributed by atoms with Crippen molar-refractivity contribution in [3.8, 4) is 0 Å². The van der Waals surface area contributed by atoms with Crippen LogP contribution in [0.5, 0.6) is 0 Å². The van der Waals surface area contributed by atoms with E-state index in [2.05, 4.69) is 0 Å². The molecule has 0 bridgehead atoms. The Morgan fingerprint density at radius 3 is 1.86 bits per heavy atom. The maximum atomic E-state index is 4.94. The largest absolute Gasteiger partial charge is 0.396 e. The molecule has 0 aromatic rings. The number of hydrogen-bond donors (Lipinski definition) is 0. The molecule has 0 saturated heterocycles. The van der Waals surface area contributed by atoms with Gasteiger partial charge in [0.2, 0.25) is 0 Å². The normalized spacial score (nSPS) is 9.43. The van der Waals surface area contributed by atoms with Crippen molar-refractivity contribution in [1.82, 2.24) is 0 Å². The molecular formula is C4H11O2Si. The standard InChI is InChI=1S/C4H11O2Si/c1-3-5-7-6-4-2/h7H,3-4H2,1-2H3. The van der Waals surface area contributed by atoms with Gasteiger partial charge in [0.05, 0.1) is 0 Å². The van der Waals surface area contributed by atoms with E-state index >= 15 is 0 Å². The Bertz CT molecular complexity index is 28.9. The van der Waals surface area contributed by atoms with E-state index in [1.54, 1.807) is 0 Å². The minimum Gasteiger partial charge on any atom is -0.396 e. The molecule has 0 aliphatic rings. The summed E-state index contributed by atoms with van der Waals surface area (Å²) < 4.78 is 9.87. The zero-order valence-corrected chi connectivity index (χ0v) is 5.96. The van der Waals surface area contributed by atoms with Crippen LogP contribution in [0.15, 0.2) is 0 Å². The summed E-state index contributed by atoms with van der Waals surface area (Å²) in [7, 11) is -0.178. The highest BCUT2D eigenvalue weighted by atomic mass is 28.3. The molecule has 7 heavy (non-hydrogen) atoms. The van der Waals surface area contributed by atoms with E-state index in [-0.39, 0.29) is 10.0 Å². The summed E-state index contributed by atoms with van der Waals surface area (Å²) in [4.78, 5) is 0. The van der Waals surface area contributed by atoms with Gasteiger partial charge in [-0.1, -0.05) is 0 Å². The van der Waals surface area contributed by atoms with Crippen LogP contribution in [0.1, 0.15) is 13.8 Å². The molecule has 0 atom stereocenters. The van der Waals surface area contributed by atoms with Crippen LogP contribution >= 0.6 is 0 Å². The Balaban J connectivity index is 2.45. The van der Waals surface area contributed by atoms with Crippen molar-refractivity contribution >= 4 is 10.0 Å². The zero-order chi connectivity index (χ0) is 5.54. The van der Waals surface area contributed by atoms with Crippen LogP contribution in [-0.4, -0.2) is 23.2 Å². The third-order valence-electron chi connectivity index (χ3n) is 0.469. The molecule has 0 unspecified atom stereocenters. The van der Waals surface area contributed by atoms with E-state index in [1.165, 1.54) is 0 Å². The minimum atomic E-state index is -0.178. The lowest BCUT2D eigenvalue weighted by molar-refractivity contribution is 0.240. The fourth-order valence-corrected chi connectivity index (χ4v) is 0.553. The first kappa shape index (κ1) is 7.14. The third kappa shape index (κ3) is 6.14. The molecule has 0 fully saturated rings. The van der Waals surface area contributed by atoms with Gasteiger partial charge in [0.1, 0.15) is 0 Å². The molecule has 3 heteroatoms. The van der Waals surface area contributed by atoms with Crippen LogP contribution < -0.4 is 0 Å². The molecule has 0 rings (SSSR count). The first-order chi connectivity index (χ1) is 3.41. The first-order valence-electron chi connectivity index (χ1n) is 2.46. The minimum absolute atomic E-state index is 0.178. The average molecular weight is 119 g/mol. The molecule has 0 aromatic heterocycles.